The molecule has 0 radical (unpaired) electrons. The average molecular weight is 148 g/mol. The van der Waals surface area contributed by atoms with Gasteiger partial charge in [-0.1, -0.05) is 0 Å². The van der Waals surface area contributed by atoms with Crippen molar-refractivity contribution in [2.75, 3.05) is 14.2 Å². The summed E-state index contributed by atoms with van der Waals surface area (Å²) in [5, 5.41) is 8.45. The Morgan fingerprint density at radius 1 is 1.40 bits per heavy atom. The highest BCUT2D eigenvalue weighted by Gasteiger charge is 2.22. The number of hydrogen-bond donors (Lipinski definition) is 1. The second-order valence-electron chi connectivity index (χ2n) is 1.97. The molecule has 10 heavy (non-hydrogen) atoms. The van der Waals surface area contributed by atoms with E-state index in [0.717, 1.165) is 0 Å². The molecule has 1 atom stereocenters. The highest BCUT2D eigenvalue weighted by atomic mass is 16.7. The summed E-state index contributed by atoms with van der Waals surface area (Å²) >= 11 is 0. The molecule has 0 aliphatic carbocycles. The third-order valence-corrected chi connectivity index (χ3v) is 1.26. The molecule has 0 spiro atoms. The van der Waals surface area contributed by atoms with E-state index in [9.17, 15) is 4.79 Å². The summed E-state index contributed by atoms with van der Waals surface area (Å²) in [6, 6.07) is 0. The Hall–Kier alpha value is -0.610. The van der Waals surface area contributed by atoms with Gasteiger partial charge >= 0.3 is 5.97 Å². The molecule has 0 amide bonds. The van der Waals surface area contributed by atoms with Crippen molar-refractivity contribution in [3.63, 3.8) is 0 Å². The van der Waals surface area contributed by atoms with Crippen LogP contribution in [0.25, 0.3) is 0 Å². The molecule has 0 heterocycles. The summed E-state index contributed by atoms with van der Waals surface area (Å²) in [6.07, 6.45) is -0.655. The number of methoxy groups -OCH3 is 2. The van der Waals surface area contributed by atoms with Gasteiger partial charge in [-0.15, -0.1) is 0 Å². The zero-order chi connectivity index (χ0) is 8.15. The molecule has 60 valence electrons. The van der Waals surface area contributed by atoms with Crippen LogP contribution in [0.3, 0.4) is 0 Å². The van der Waals surface area contributed by atoms with Crippen molar-refractivity contribution < 1.29 is 19.4 Å². The minimum absolute atomic E-state index is 0.630. The Balaban J connectivity index is 3.88. The first-order chi connectivity index (χ1) is 4.63. The van der Waals surface area contributed by atoms with Crippen LogP contribution < -0.4 is 0 Å². The van der Waals surface area contributed by atoms with Gasteiger partial charge in [0, 0.05) is 14.2 Å². The number of carbonyl (C=O) groups is 1. The third kappa shape index (κ3) is 2.33. The molecular weight excluding hydrogens is 136 g/mol. The molecule has 0 saturated heterocycles. The van der Waals surface area contributed by atoms with Crippen molar-refractivity contribution in [3.05, 3.63) is 0 Å². The number of carboxylic acids is 1. The lowest BCUT2D eigenvalue weighted by Gasteiger charge is -2.16. The van der Waals surface area contributed by atoms with Crippen LogP contribution >= 0.6 is 0 Å². The smallest absolute Gasteiger partial charge is 0.311 e. The summed E-state index contributed by atoms with van der Waals surface area (Å²) in [4.78, 5) is 10.3. The second kappa shape index (κ2) is 4.24. The van der Waals surface area contributed by atoms with E-state index in [2.05, 4.69) is 0 Å². The van der Waals surface area contributed by atoms with Gasteiger partial charge in [-0.3, -0.25) is 4.79 Å². The topological polar surface area (TPSA) is 55.8 Å². The van der Waals surface area contributed by atoms with Gasteiger partial charge in [0.2, 0.25) is 0 Å². The maximum absolute atomic E-state index is 10.3. The van der Waals surface area contributed by atoms with Crippen molar-refractivity contribution in [1.29, 1.82) is 0 Å². The molecule has 0 fully saturated rings. The van der Waals surface area contributed by atoms with Gasteiger partial charge in [0.1, 0.15) is 5.92 Å². The molecule has 0 bridgehead atoms. The fourth-order valence-electron chi connectivity index (χ4n) is 0.621. The van der Waals surface area contributed by atoms with Crippen LogP contribution in [0, 0.1) is 5.92 Å². The van der Waals surface area contributed by atoms with Gasteiger partial charge < -0.3 is 14.6 Å². The second-order valence-corrected chi connectivity index (χ2v) is 1.97. The zero-order valence-electron chi connectivity index (χ0n) is 6.33. The number of rotatable bonds is 4. The molecule has 4 heteroatoms. The van der Waals surface area contributed by atoms with Crippen LogP contribution in [0.4, 0.5) is 0 Å². The molecule has 0 saturated carbocycles. The first-order valence-corrected chi connectivity index (χ1v) is 2.91. The van der Waals surface area contributed by atoms with Crippen molar-refractivity contribution in [1.82, 2.24) is 0 Å². The fourth-order valence-corrected chi connectivity index (χ4v) is 0.621. The first-order valence-electron chi connectivity index (χ1n) is 2.91. The highest BCUT2D eigenvalue weighted by Crippen LogP contribution is 2.06. The van der Waals surface area contributed by atoms with E-state index in [1.165, 1.54) is 21.1 Å². The molecule has 0 aliphatic rings. The molecular formula is C6H12O4. The summed E-state index contributed by atoms with van der Waals surface area (Å²) in [5.74, 6) is -1.55. The van der Waals surface area contributed by atoms with Gasteiger partial charge in [0.15, 0.2) is 6.29 Å². The van der Waals surface area contributed by atoms with Gasteiger partial charge in [-0.25, -0.2) is 0 Å². The van der Waals surface area contributed by atoms with E-state index in [1.807, 2.05) is 0 Å². The van der Waals surface area contributed by atoms with Crippen molar-refractivity contribution in [2.24, 2.45) is 5.92 Å². The van der Waals surface area contributed by atoms with Crippen molar-refractivity contribution >= 4 is 5.97 Å². The van der Waals surface area contributed by atoms with E-state index in [0.29, 0.717) is 0 Å². The largest absolute Gasteiger partial charge is 0.481 e. The highest BCUT2D eigenvalue weighted by molar-refractivity contribution is 5.69. The van der Waals surface area contributed by atoms with Crippen molar-refractivity contribution in [3.8, 4) is 0 Å². The maximum Gasteiger partial charge on any atom is 0.311 e. The van der Waals surface area contributed by atoms with Gasteiger partial charge in [-0.2, -0.15) is 0 Å². The van der Waals surface area contributed by atoms with E-state index < -0.39 is 18.2 Å². The number of carboxylic acid groups (broad SMARTS) is 1. The lowest BCUT2D eigenvalue weighted by Crippen LogP contribution is -2.28. The van der Waals surface area contributed by atoms with Crippen LogP contribution in [0.15, 0.2) is 0 Å². The minimum atomic E-state index is -0.922. The Labute approximate surface area is 59.7 Å². The number of aliphatic carboxylic acids is 1. The van der Waals surface area contributed by atoms with Crippen LogP contribution in [0.2, 0.25) is 0 Å². The lowest BCUT2D eigenvalue weighted by molar-refractivity contribution is -0.169. The normalized spacial score (nSPS) is 13.6. The van der Waals surface area contributed by atoms with E-state index in [4.69, 9.17) is 14.6 Å². The molecule has 0 aromatic rings. The fraction of sp³-hybridized carbons (Fsp3) is 0.833. The Bertz CT molecular complexity index is 108. The third-order valence-electron chi connectivity index (χ3n) is 1.26. The Morgan fingerprint density at radius 2 is 1.80 bits per heavy atom. The summed E-state index contributed by atoms with van der Waals surface area (Å²) < 4.78 is 9.44. The molecule has 0 aromatic carbocycles. The Morgan fingerprint density at radius 3 is 1.90 bits per heavy atom. The molecule has 0 aromatic heterocycles. The van der Waals surface area contributed by atoms with Gasteiger partial charge in [0.25, 0.3) is 0 Å². The van der Waals surface area contributed by atoms with E-state index >= 15 is 0 Å². The van der Waals surface area contributed by atoms with E-state index in [1.54, 1.807) is 0 Å². The summed E-state index contributed by atoms with van der Waals surface area (Å²) in [7, 11) is 2.82. The van der Waals surface area contributed by atoms with Crippen molar-refractivity contribution in [2.45, 2.75) is 13.2 Å². The minimum Gasteiger partial charge on any atom is -0.481 e. The quantitative estimate of drug-likeness (QED) is 0.583. The predicted octanol–water partition coefficient (Wildman–Crippen LogP) is 0.326. The van der Waals surface area contributed by atoms with Gasteiger partial charge in [0.05, 0.1) is 0 Å². The Kier molecular flexibility index (Phi) is 3.99. The standard InChI is InChI=1S/C6H12O4/c1-4(5(7)8)6(9-2)10-3/h4,6H,1-3H3,(H,7,8)/t4-/m1/s1. The first kappa shape index (κ1) is 9.39. The molecule has 0 aliphatic heterocycles. The molecule has 1 N–H and O–H groups in total. The maximum atomic E-state index is 10.3. The average Bonchev–Trinajstić information content (AvgIpc) is 1.90. The molecule has 0 rings (SSSR count). The predicted molar refractivity (Wildman–Crippen MR) is 34.6 cm³/mol. The van der Waals surface area contributed by atoms with Gasteiger partial charge in [-0.05, 0) is 6.92 Å². The van der Waals surface area contributed by atoms with Crippen LogP contribution in [-0.4, -0.2) is 31.6 Å². The van der Waals surface area contributed by atoms with Crippen LogP contribution in [-0.2, 0) is 14.3 Å². The van der Waals surface area contributed by atoms with Crippen LogP contribution in [0.5, 0.6) is 0 Å². The van der Waals surface area contributed by atoms with E-state index in [-0.39, 0.29) is 0 Å². The molecule has 4 nitrogen and oxygen atoms in total. The zero-order valence-corrected chi connectivity index (χ0v) is 6.33. The summed E-state index contributed by atoms with van der Waals surface area (Å²) in [5.41, 5.74) is 0. The number of ether oxygens (including phenoxy) is 2. The van der Waals surface area contributed by atoms with Crippen LogP contribution in [0.1, 0.15) is 6.92 Å². The lowest BCUT2D eigenvalue weighted by atomic mass is 10.2. The monoisotopic (exact) mass is 148 g/mol. The number of hydrogen-bond acceptors (Lipinski definition) is 3. The molecule has 0 unspecified atom stereocenters. The SMILES string of the molecule is COC(OC)[C@H](C)C(=O)O. The summed E-state index contributed by atoms with van der Waals surface area (Å²) in [6.45, 7) is 1.53.